The first-order chi connectivity index (χ1) is 17.8. The maximum Gasteiger partial charge on any atom is 0.134 e. The first-order valence-electron chi connectivity index (χ1n) is 12.5. The minimum Gasteiger partial charge on any atom is -0.457 e. The SMILES string of the molecule is C[Si](C)(C)c1ccc[c-]c1-c1nccc2oc3ccccc3c12.Cc1c[c-]c(-c2ccc(C)cn2)cc1.[Ir]. The number of rotatable bonds is 3. The van der Waals surface area contributed by atoms with Gasteiger partial charge in [0.1, 0.15) is 11.2 Å². The quantitative estimate of drug-likeness (QED) is 0.139. The Balaban J connectivity index is 0.000000193. The monoisotopic (exact) mass is 691 g/mol. The first-order valence-corrected chi connectivity index (χ1v) is 16.0. The number of hydrogen-bond donors (Lipinski definition) is 0. The van der Waals surface area contributed by atoms with Crippen molar-refractivity contribution in [1.82, 2.24) is 9.97 Å². The van der Waals surface area contributed by atoms with Gasteiger partial charge < -0.3 is 14.4 Å². The van der Waals surface area contributed by atoms with Crippen LogP contribution in [0.15, 0.2) is 95.7 Å². The van der Waals surface area contributed by atoms with Crippen LogP contribution in [-0.4, -0.2) is 18.0 Å². The molecule has 5 heteroatoms. The number of furan rings is 1. The van der Waals surface area contributed by atoms with Crippen molar-refractivity contribution < 1.29 is 24.5 Å². The van der Waals surface area contributed by atoms with Crippen molar-refractivity contribution in [1.29, 1.82) is 0 Å². The van der Waals surface area contributed by atoms with Crippen molar-refractivity contribution in [2.24, 2.45) is 0 Å². The van der Waals surface area contributed by atoms with Gasteiger partial charge in [0.15, 0.2) is 0 Å². The first kappa shape index (κ1) is 27.7. The van der Waals surface area contributed by atoms with E-state index < -0.39 is 8.07 Å². The van der Waals surface area contributed by atoms with Crippen molar-refractivity contribution in [3.05, 3.63) is 115 Å². The molecule has 0 saturated carbocycles. The van der Waals surface area contributed by atoms with Crippen molar-refractivity contribution in [3.63, 3.8) is 0 Å². The van der Waals surface area contributed by atoms with Crippen LogP contribution in [0, 0.1) is 26.0 Å². The minimum absolute atomic E-state index is 0. The molecule has 3 heterocycles. The molecule has 0 N–H and O–H groups in total. The molecule has 0 amide bonds. The molecule has 6 rings (SSSR count). The Hall–Kier alpha value is -3.37. The molecule has 0 bridgehead atoms. The molecule has 0 saturated heterocycles. The van der Waals surface area contributed by atoms with Crippen LogP contribution in [0.25, 0.3) is 44.5 Å². The Bertz CT molecular complexity index is 1620. The standard InChI is InChI=1S/C20H18NOSi.C13H12N.Ir/c1-23(2,3)18-11-7-5-9-15(18)20-19-14-8-4-6-10-16(14)22-17(19)12-13-21-20;1-10-3-6-12(7-4-10)13-8-5-11(2)9-14-13;/h4-8,10-13H,1-3H3;3-6,8-9H,1-2H3;/q2*-1;. The van der Waals surface area contributed by atoms with E-state index >= 15 is 0 Å². The summed E-state index contributed by atoms with van der Waals surface area (Å²) in [5.74, 6) is 0. The van der Waals surface area contributed by atoms with Gasteiger partial charge in [0.2, 0.25) is 0 Å². The molecule has 3 aromatic carbocycles. The predicted molar refractivity (Wildman–Crippen MR) is 157 cm³/mol. The number of pyridine rings is 2. The zero-order valence-electron chi connectivity index (χ0n) is 22.3. The Morgan fingerprint density at radius 1 is 0.763 bits per heavy atom. The molecule has 38 heavy (non-hydrogen) atoms. The number of aryl methyl sites for hydroxylation is 2. The van der Waals surface area contributed by atoms with Crippen LogP contribution in [0.5, 0.6) is 0 Å². The van der Waals surface area contributed by atoms with Crippen LogP contribution in [0.1, 0.15) is 11.1 Å². The summed E-state index contributed by atoms with van der Waals surface area (Å²) < 4.78 is 6.00. The van der Waals surface area contributed by atoms with Crippen molar-refractivity contribution >= 4 is 35.2 Å². The molecule has 0 aliphatic carbocycles. The summed E-state index contributed by atoms with van der Waals surface area (Å²) in [5, 5.41) is 3.58. The largest absolute Gasteiger partial charge is 0.457 e. The summed E-state index contributed by atoms with van der Waals surface area (Å²) >= 11 is 0. The van der Waals surface area contributed by atoms with E-state index in [0.29, 0.717) is 0 Å². The van der Waals surface area contributed by atoms with E-state index in [0.717, 1.165) is 44.5 Å². The van der Waals surface area contributed by atoms with E-state index in [4.69, 9.17) is 9.40 Å². The molecule has 1 radical (unpaired) electrons. The van der Waals surface area contributed by atoms with Crippen LogP contribution in [0.4, 0.5) is 0 Å². The van der Waals surface area contributed by atoms with E-state index in [-0.39, 0.29) is 20.1 Å². The summed E-state index contributed by atoms with van der Waals surface area (Å²) in [7, 11) is -1.50. The van der Waals surface area contributed by atoms with Crippen LogP contribution < -0.4 is 5.19 Å². The second kappa shape index (κ2) is 11.6. The van der Waals surface area contributed by atoms with E-state index in [1.807, 2.05) is 67.8 Å². The number of para-hydroxylation sites is 1. The fraction of sp³-hybridized carbons (Fsp3) is 0.152. The van der Waals surface area contributed by atoms with Gasteiger partial charge in [0.05, 0.1) is 0 Å². The molecular weight excluding hydrogens is 661 g/mol. The third-order valence-electron chi connectivity index (χ3n) is 6.35. The van der Waals surface area contributed by atoms with Crippen LogP contribution in [0.2, 0.25) is 19.6 Å². The van der Waals surface area contributed by atoms with Crippen molar-refractivity contribution in [3.8, 4) is 22.5 Å². The second-order valence-corrected chi connectivity index (χ2v) is 15.4. The topological polar surface area (TPSA) is 38.9 Å². The molecule has 193 valence electrons. The Morgan fingerprint density at radius 3 is 2.26 bits per heavy atom. The predicted octanol–water partition coefficient (Wildman–Crippen LogP) is 8.16. The fourth-order valence-corrected chi connectivity index (χ4v) is 5.94. The molecule has 0 fully saturated rings. The summed E-state index contributed by atoms with van der Waals surface area (Å²) in [6, 6.07) is 33.2. The average Bonchev–Trinajstić information content (AvgIpc) is 3.29. The molecule has 0 unspecified atom stereocenters. The van der Waals surface area contributed by atoms with Gasteiger partial charge >= 0.3 is 0 Å². The second-order valence-electron chi connectivity index (χ2n) is 10.3. The molecule has 0 aliphatic heterocycles. The van der Waals surface area contributed by atoms with Gasteiger partial charge in [-0.2, -0.15) is 0 Å². The third-order valence-corrected chi connectivity index (χ3v) is 8.38. The Kier molecular flexibility index (Phi) is 8.42. The zero-order valence-corrected chi connectivity index (χ0v) is 25.7. The van der Waals surface area contributed by atoms with Gasteiger partial charge in [0.25, 0.3) is 0 Å². The molecular formula is C33H30IrN2OSi-2. The maximum atomic E-state index is 6.00. The molecule has 6 aromatic rings. The number of fused-ring (bicyclic) bond motifs is 3. The number of benzene rings is 3. The molecule has 0 spiro atoms. The van der Waals surface area contributed by atoms with Gasteiger partial charge in [-0.1, -0.05) is 56.9 Å². The van der Waals surface area contributed by atoms with Gasteiger partial charge in [-0.05, 0) is 36.0 Å². The molecule has 0 atom stereocenters. The molecule has 3 aromatic heterocycles. The van der Waals surface area contributed by atoms with E-state index in [2.05, 4.69) is 74.0 Å². The van der Waals surface area contributed by atoms with Crippen molar-refractivity contribution in [2.75, 3.05) is 0 Å². The maximum absolute atomic E-state index is 6.00. The summed E-state index contributed by atoms with van der Waals surface area (Å²) in [5.41, 5.74) is 8.32. The normalized spacial score (nSPS) is 11.1. The number of aromatic nitrogens is 2. The number of hydrogen-bond acceptors (Lipinski definition) is 3. The van der Waals surface area contributed by atoms with E-state index in [1.54, 1.807) is 0 Å². The van der Waals surface area contributed by atoms with Crippen molar-refractivity contribution in [2.45, 2.75) is 33.5 Å². The fourth-order valence-electron chi connectivity index (χ4n) is 4.41. The van der Waals surface area contributed by atoms with Gasteiger partial charge in [-0.25, -0.2) is 0 Å². The van der Waals surface area contributed by atoms with Gasteiger partial charge in [-0.15, -0.1) is 70.4 Å². The van der Waals surface area contributed by atoms with Gasteiger partial charge in [-0.3, -0.25) is 0 Å². The van der Waals surface area contributed by atoms with Crippen LogP contribution >= 0.6 is 0 Å². The average molecular weight is 691 g/mol. The minimum atomic E-state index is -1.50. The Morgan fingerprint density at radius 2 is 1.55 bits per heavy atom. The Labute approximate surface area is 239 Å². The summed E-state index contributed by atoms with van der Waals surface area (Å²) in [6.07, 6.45) is 3.71. The smallest absolute Gasteiger partial charge is 0.134 e. The zero-order chi connectivity index (χ0) is 26.0. The summed E-state index contributed by atoms with van der Waals surface area (Å²) in [4.78, 5) is 9.05. The van der Waals surface area contributed by atoms with E-state index in [9.17, 15) is 0 Å². The van der Waals surface area contributed by atoms with Crippen LogP contribution in [-0.2, 0) is 20.1 Å². The number of nitrogens with zero attached hydrogens (tertiary/aromatic N) is 2. The van der Waals surface area contributed by atoms with Gasteiger partial charge in [0, 0.05) is 51.3 Å². The molecule has 3 nitrogen and oxygen atoms in total. The van der Waals surface area contributed by atoms with Crippen LogP contribution in [0.3, 0.4) is 0 Å². The molecule has 0 aliphatic rings. The van der Waals surface area contributed by atoms with E-state index in [1.165, 1.54) is 16.3 Å². The third kappa shape index (κ3) is 5.86. The summed E-state index contributed by atoms with van der Waals surface area (Å²) in [6.45, 7) is 11.2.